The predicted octanol–water partition coefficient (Wildman–Crippen LogP) is 13.2. The van der Waals surface area contributed by atoms with Crippen molar-refractivity contribution < 1.29 is 13.2 Å². The van der Waals surface area contributed by atoms with E-state index < -0.39 is 11.7 Å². The zero-order valence-electron chi connectivity index (χ0n) is 26.3. The molecule has 0 nitrogen and oxygen atoms in total. The minimum Gasteiger partial charge on any atom is -0.166 e. The summed E-state index contributed by atoms with van der Waals surface area (Å²) >= 11 is 0. The highest BCUT2D eigenvalue weighted by atomic mass is 19.4. The minimum atomic E-state index is -4.44. The average Bonchev–Trinajstić information content (AvgIpc) is 3.07. The number of alkyl halides is 3. The van der Waals surface area contributed by atoms with Crippen LogP contribution in [0.5, 0.6) is 0 Å². The van der Waals surface area contributed by atoms with E-state index in [-0.39, 0.29) is 5.56 Å². The van der Waals surface area contributed by atoms with Gasteiger partial charge in [0, 0.05) is 0 Å². The van der Waals surface area contributed by atoms with Crippen LogP contribution in [0.1, 0.15) is 22.3 Å². The normalized spacial score (nSPS) is 12.0. The highest BCUT2D eigenvalue weighted by molar-refractivity contribution is 6.29. The summed E-state index contributed by atoms with van der Waals surface area (Å²) in [5, 5.41) is 8.45. The van der Waals surface area contributed by atoms with E-state index in [4.69, 9.17) is 0 Å². The van der Waals surface area contributed by atoms with Gasteiger partial charge in [-0.2, -0.15) is 13.2 Å². The Morgan fingerprint density at radius 2 is 0.660 bits per heavy atom. The molecule has 0 bridgehead atoms. The summed E-state index contributed by atoms with van der Waals surface area (Å²) in [6.45, 7) is 5.81. The Morgan fingerprint density at radius 3 is 1.00 bits per heavy atom. The molecule has 0 fully saturated rings. The van der Waals surface area contributed by atoms with Gasteiger partial charge in [-0.1, -0.05) is 127 Å². The van der Waals surface area contributed by atoms with Crippen molar-refractivity contribution in [3.05, 3.63) is 156 Å². The summed E-state index contributed by atoms with van der Waals surface area (Å²) in [6.07, 6.45) is -4.44. The minimum absolute atomic E-state index is 0.216. The third-order valence-electron chi connectivity index (χ3n) is 9.74. The summed E-state index contributed by atoms with van der Waals surface area (Å²) in [6, 6.07) is 44.9. The first-order chi connectivity index (χ1) is 22.7. The summed E-state index contributed by atoms with van der Waals surface area (Å²) in [5.74, 6) is 0. The molecule has 0 unspecified atom stereocenters. The van der Waals surface area contributed by atoms with Crippen LogP contribution >= 0.6 is 0 Å². The highest BCUT2D eigenvalue weighted by Crippen LogP contribution is 2.50. The van der Waals surface area contributed by atoms with Crippen LogP contribution in [0.2, 0.25) is 0 Å². The average molecular weight is 617 g/mol. The summed E-state index contributed by atoms with van der Waals surface area (Å²) in [7, 11) is 0. The van der Waals surface area contributed by atoms with E-state index in [1.165, 1.54) is 35.2 Å². The standard InChI is InChI=1S/C44H31F3/c1-26-20-22-29(24-28(26)3)40-31-12-4-8-16-35(31)42(36-17-9-5-13-32(36)40)43-37-18-10-6-14-33(37)41(34-15-7-11-19-38(34)43)30-23-21-27(2)39(25-30)44(45,46)47/h4-25H,1-3H3. The van der Waals surface area contributed by atoms with Gasteiger partial charge >= 0.3 is 6.18 Å². The second-order valence-electron chi connectivity index (χ2n) is 12.5. The first-order valence-electron chi connectivity index (χ1n) is 15.9. The molecule has 8 aromatic carbocycles. The molecule has 228 valence electrons. The Kier molecular flexibility index (Phi) is 6.70. The third-order valence-corrected chi connectivity index (χ3v) is 9.74. The van der Waals surface area contributed by atoms with Crippen LogP contribution < -0.4 is 0 Å². The molecular weight excluding hydrogens is 585 g/mol. The molecule has 47 heavy (non-hydrogen) atoms. The molecule has 8 aromatic rings. The fourth-order valence-electron chi connectivity index (χ4n) is 7.40. The number of benzene rings is 8. The van der Waals surface area contributed by atoms with Crippen LogP contribution in [-0.2, 0) is 6.18 Å². The van der Waals surface area contributed by atoms with Gasteiger partial charge in [0.1, 0.15) is 0 Å². The van der Waals surface area contributed by atoms with Crippen molar-refractivity contribution in [3.8, 4) is 33.4 Å². The first-order valence-corrected chi connectivity index (χ1v) is 15.9. The molecular formula is C44H31F3. The maximum atomic E-state index is 14.2. The fraction of sp³-hybridized carbons (Fsp3) is 0.0909. The predicted molar refractivity (Wildman–Crippen MR) is 192 cm³/mol. The molecule has 0 radical (unpaired) electrons. The van der Waals surface area contributed by atoms with Crippen LogP contribution in [0, 0.1) is 20.8 Å². The van der Waals surface area contributed by atoms with Gasteiger partial charge < -0.3 is 0 Å². The number of hydrogen-bond acceptors (Lipinski definition) is 0. The smallest absolute Gasteiger partial charge is 0.166 e. The van der Waals surface area contributed by atoms with Crippen LogP contribution in [0.25, 0.3) is 76.5 Å². The van der Waals surface area contributed by atoms with Gasteiger partial charge in [0.2, 0.25) is 0 Å². The van der Waals surface area contributed by atoms with Crippen molar-refractivity contribution in [3.63, 3.8) is 0 Å². The van der Waals surface area contributed by atoms with Crippen molar-refractivity contribution in [1.29, 1.82) is 0 Å². The molecule has 0 aliphatic rings. The number of hydrogen-bond donors (Lipinski definition) is 0. The van der Waals surface area contributed by atoms with Crippen LogP contribution in [0.15, 0.2) is 133 Å². The van der Waals surface area contributed by atoms with Crippen molar-refractivity contribution in [2.75, 3.05) is 0 Å². The van der Waals surface area contributed by atoms with Crippen LogP contribution in [0.4, 0.5) is 13.2 Å². The van der Waals surface area contributed by atoms with Crippen LogP contribution in [0.3, 0.4) is 0 Å². The second kappa shape index (κ2) is 10.8. The summed E-state index contributed by atoms with van der Waals surface area (Å²) in [5.41, 5.74) is 8.08. The van der Waals surface area contributed by atoms with E-state index in [0.29, 0.717) is 5.56 Å². The topological polar surface area (TPSA) is 0 Å². The van der Waals surface area contributed by atoms with Crippen molar-refractivity contribution in [2.24, 2.45) is 0 Å². The van der Waals surface area contributed by atoms with E-state index in [0.717, 1.165) is 59.8 Å². The largest absolute Gasteiger partial charge is 0.416 e. The Balaban J connectivity index is 1.55. The van der Waals surface area contributed by atoms with Crippen LogP contribution in [-0.4, -0.2) is 0 Å². The van der Waals surface area contributed by atoms with E-state index in [2.05, 4.69) is 92.7 Å². The van der Waals surface area contributed by atoms with Gasteiger partial charge in [-0.15, -0.1) is 0 Å². The molecule has 0 saturated carbocycles. The van der Waals surface area contributed by atoms with Gasteiger partial charge in [0.05, 0.1) is 5.56 Å². The Bertz CT molecular complexity index is 2420. The molecule has 0 amide bonds. The van der Waals surface area contributed by atoms with Crippen molar-refractivity contribution in [2.45, 2.75) is 26.9 Å². The number of halogens is 3. The Hall–Kier alpha value is -5.41. The first kappa shape index (κ1) is 29.0. The van der Waals surface area contributed by atoms with Gasteiger partial charge in [0.15, 0.2) is 0 Å². The number of aryl methyl sites for hydroxylation is 3. The van der Waals surface area contributed by atoms with Gasteiger partial charge in [-0.05, 0) is 120 Å². The highest BCUT2D eigenvalue weighted by Gasteiger charge is 2.33. The second-order valence-corrected chi connectivity index (χ2v) is 12.5. The maximum Gasteiger partial charge on any atom is 0.416 e. The van der Waals surface area contributed by atoms with E-state index >= 15 is 0 Å². The zero-order chi connectivity index (χ0) is 32.4. The maximum absolute atomic E-state index is 14.2. The lowest BCUT2D eigenvalue weighted by Crippen LogP contribution is -2.07. The van der Waals surface area contributed by atoms with E-state index in [9.17, 15) is 13.2 Å². The summed E-state index contributed by atoms with van der Waals surface area (Å²) < 4.78 is 42.5. The monoisotopic (exact) mass is 616 g/mol. The van der Waals surface area contributed by atoms with Gasteiger partial charge in [-0.25, -0.2) is 0 Å². The fourth-order valence-corrected chi connectivity index (χ4v) is 7.40. The third kappa shape index (κ3) is 4.60. The molecule has 3 heteroatoms. The molecule has 0 atom stereocenters. The van der Waals surface area contributed by atoms with Crippen molar-refractivity contribution in [1.82, 2.24) is 0 Å². The molecule has 0 spiro atoms. The quantitative estimate of drug-likeness (QED) is 0.173. The van der Waals surface area contributed by atoms with Gasteiger partial charge in [0.25, 0.3) is 0 Å². The number of fused-ring (bicyclic) bond motifs is 4. The molecule has 0 heterocycles. The van der Waals surface area contributed by atoms with E-state index in [1.54, 1.807) is 6.07 Å². The molecule has 0 N–H and O–H groups in total. The van der Waals surface area contributed by atoms with Crippen molar-refractivity contribution >= 4 is 43.1 Å². The summed E-state index contributed by atoms with van der Waals surface area (Å²) in [4.78, 5) is 0. The Labute approximate surface area is 271 Å². The lowest BCUT2D eigenvalue weighted by molar-refractivity contribution is -0.138. The molecule has 8 rings (SSSR count). The molecule has 0 aromatic heterocycles. The van der Waals surface area contributed by atoms with E-state index in [1.807, 2.05) is 42.5 Å². The molecule has 0 saturated heterocycles. The lowest BCUT2D eigenvalue weighted by Gasteiger charge is -2.22. The number of rotatable bonds is 3. The molecule has 0 aliphatic carbocycles. The van der Waals surface area contributed by atoms with Gasteiger partial charge in [-0.3, -0.25) is 0 Å². The lowest BCUT2D eigenvalue weighted by atomic mass is 9.80. The molecule has 0 aliphatic heterocycles. The zero-order valence-corrected chi connectivity index (χ0v) is 26.3. The SMILES string of the molecule is Cc1ccc(-c2c3ccccc3c(-c3c4ccccc4c(-c4ccc(C)c(C(F)(F)F)c4)c4ccccc34)c3ccccc23)cc1C. The Morgan fingerprint density at radius 1 is 0.340 bits per heavy atom.